The zero-order valence-corrected chi connectivity index (χ0v) is 11.5. The second kappa shape index (κ2) is 4.82. The number of aliphatic hydroxyl groups excluding tert-OH is 1. The van der Waals surface area contributed by atoms with Crippen molar-refractivity contribution in [2.75, 3.05) is 18.0 Å². The Bertz CT molecular complexity index is 434. The van der Waals surface area contributed by atoms with E-state index in [1.54, 1.807) is 6.07 Å². The maximum atomic E-state index is 9.21. The van der Waals surface area contributed by atoms with Gasteiger partial charge in [0.1, 0.15) is 0 Å². The molecule has 100 valence electrons. The number of morpholine rings is 1. The lowest BCUT2D eigenvalue weighted by Crippen LogP contribution is -2.52. The van der Waals surface area contributed by atoms with Crippen LogP contribution in [0.25, 0.3) is 0 Å². The maximum absolute atomic E-state index is 9.21. The number of hydrogen-bond donors (Lipinski definition) is 1. The van der Waals surface area contributed by atoms with Gasteiger partial charge in [-0.15, -0.1) is 0 Å². The molecule has 18 heavy (non-hydrogen) atoms. The fourth-order valence-corrected chi connectivity index (χ4v) is 2.45. The van der Waals surface area contributed by atoms with Gasteiger partial charge >= 0.3 is 0 Å². The number of aliphatic hydroxyl groups is 1. The normalized spacial score (nSPS) is 23.2. The molecule has 0 amide bonds. The third-order valence-corrected chi connectivity index (χ3v) is 2.91. The van der Waals surface area contributed by atoms with Gasteiger partial charge in [-0.25, -0.2) is 9.97 Å². The summed E-state index contributed by atoms with van der Waals surface area (Å²) in [7, 11) is 0. The number of aromatic nitrogens is 2. The Morgan fingerprint density at radius 3 is 2.83 bits per heavy atom. The summed E-state index contributed by atoms with van der Waals surface area (Å²) in [4.78, 5) is 11.0. The molecule has 1 saturated heterocycles. The Morgan fingerprint density at radius 1 is 1.50 bits per heavy atom. The van der Waals surface area contributed by atoms with Crippen molar-refractivity contribution in [2.24, 2.45) is 0 Å². The molecule has 1 aliphatic heterocycles. The Morgan fingerprint density at radius 2 is 2.22 bits per heavy atom. The van der Waals surface area contributed by atoms with E-state index in [1.165, 1.54) is 0 Å². The van der Waals surface area contributed by atoms with E-state index in [0.29, 0.717) is 11.6 Å². The molecule has 2 rings (SSSR count). The molecule has 1 unspecified atom stereocenters. The molecule has 1 atom stereocenters. The van der Waals surface area contributed by atoms with Gasteiger partial charge in [-0.05, 0) is 33.8 Å². The van der Waals surface area contributed by atoms with E-state index in [-0.39, 0.29) is 18.3 Å². The monoisotopic (exact) mass is 251 g/mol. The molecular weight excluding hydrogens is 230 g/mol. The Hall–Kier alpha value is -1.20. The molecule has 2 heterocycles. The fourth-order valence-electron chi connectivity index (χ4n) is 2.45. The fraction of sp³-hybridized carbons (Fsp3) is 0.692. The average Bonchev–Trinajstić information content (AvgIpc) is 2.25. The summed E-state index contributed by atoms with van der Waals surface area (Å²) >= 11 is 0. The topological polar surface area (TPSA) is 58.5 Å². The van der Waals surface area contributed by atoms with Crippen molar-refractivity contribution in [3.05, 3.63) is 17.5 Å². The summed E-state index contributed by atoms with van der Waals surface area (Å²) in [5, 5.41) is 9.21. The summed E-state index contributed by atoms with van der Waals surface area (Å²) < 4.78 is 5.87. The predicted molar refractivity (Wildman–Crippen MR) is 69.5 cm³/mol. The van der Waals surface area contributed by atoms with Gasteiger partial charge < -0.3 is 14.7 Å². The number of hydrogen-bond acceptors (Lipinski definition) is 5. The minimum Gasteiger partial charge on any atom is -0.390 e. The second-order valence-electron chi connectivity index (χ2n) is 5.53. The van der Waals surface area contributed by atoms with Crippen molar-refractivity contribution in [2.45, 2.75) is 46.0 Å². The molecular formula is C13H21N3O2. The molecule has 1 fully saturated rings. The first-order chi connectivity index (χ1) is 8.39. The van der Waals surface area contributed by atoms with E-state index in [2.05, 4.69) is 35.6 Å². The summed E-state index contributed by atoms with van der Waals surface area (Å²) in [6.07, 6.45) is 0.149. The lowest BCUT2D eigenvalue weighted by atomic mass is 10.1. The molecule has 0 spiro atoms. The second-order valence-corrected chi connectivity index (χ2v) is 5.53. The largest absolute Gasteiger partial charge is 0.390 e. The zero-order valence-electron chi connectivity index (χ0n) is 11.5. The van der Waals surface area contributed by atoms with E-state index >= 15 is 0 Å². The van der Waals surface area contributed by atoms with Gasteiger partial charge in [0.15, 0.2) is 0 Å². The van der Waals surface area contributed by atoms with Gasteiger partial charge in [0.05, 0.1) is 24.0 Å². The summed E-state index contributed by atoms with van der Waals surface area (Å²) in [5.41, 5.74) is 1.33. The van der Waals surface area contributed by atoms with Gasteiger partial charge in [0.2, 0.25) is 5.95 Å². The smallest absolute Gasteiger partial charge is 0.226 e. The van der Waals surface area contributed by atoms with Crippen molar-refractivity contribution in [3.63, 3.8) is 0 Å². The Kier molecular flexibility index (Phi) is 3.54. The Labute approximate surface area is 108 Å². The Balaban J connectivity index is 2.27. The van der Waals surface area contributed by atoms with Crippen molar-refractivity contribution in [1.82, 2.24) is 9.97 Å². The highest BCUT2D eigenvalue weighted by Crippen LogP contribution is 2.24. The van der Waals surface area contributed by atoms with Crippen molar-refractivity contribution in [3.8, 4) is 0 Å². The minimum absolute atomic E-state index is 0.0559. The van der Waals surface area contributed by atoms with Crippen LogP contribution in [0.4, 0.5) is 5.95 Å². The van der Waals surface area contributed by atoms with Crippen LogP contribution in [0.3, 0.4) is 0 Å². The molecule has 0 radical (unpaired) electrons. The van der Waals surface area contributed by atoms with Crippen molar-refractivity contribution in [1.29, 1.82) is 0 Å². The highest BCUT2D eigenvalue weighted by Gasteiger charge is 2.32. The molecule has 5 heteroatoms. The lowest BCUT2D eigenvalue weighted by molar-refractivity contribution is -0.0754. The molecule has 0 bridgehead atoms. The predicted octanol–water partition coefficient (Wildman–Crippen LogP) is 1.28. The lowest BCUT2D eigenvalue weighted by Gasteiger charge is -2.41. The first-order valence-electron chi connectivity index (χ1n) is 6.28. The van der Waals surface area contributed by atoms with Gasteiger partial charge in [-0.3, -0.25) is 0 Å². The first kappa shape index (κ1) is 13.2. The van der Waals surface area contributed by atoms with Crippen LogP contribution < -0.4 is 4.90 Å². The average molecular weight is 251 g/mol. The molecule has 1 aliphatic rings. The van der Waals surface area contributed by atoms with Crippen LogP contribution >= 0.6 is 0 Å². The molecule has 0 aliphatic carbocycles. The van der Waals surface area contributed by atoms with E-state index in [0.717, 1.165) is 18.8 Å². The third-order valence-electron chi connectivity index (χ3n) is 2.91. The summed E-state index contributed by atoms with van der Waals surface area (Å²) in [6, 6.07) is 1.80. The number of rotatable bonds is 2. The highest BCUT2D eigenvalue weighted by atomic mass is 16.5. The van der Waals surface area contributed by atoms with Gasteiger partial charge in [-0.1, -0.05) is 0 Å². The van der Waals surface area contributed by atoms with Crippen molar-refractivity contribution < 1.29 is 9.84 Å². The number of nitrogens with zero attached hydrogens (tertiary/aromatic N) is 3. The van der Waals surface area contributed by atoms with Gasteiger partial charge in [-0.2, -0.15) is 0 Å². The number of aryl methyl sites for hydroxylation is 1. The number of ether oxygens (including phenoxy) is 1. The molecule has 1 aromatic heterocycles. The van der Waals surface area contributed by atoms with Crippen LogP contribution in [0.1, 0.15) is 32.2 Å². The van der Waals surface area contributed by atoms with E-state index < -0.39 is 0 Å². The summed E-state index contributed by atoms with van der Waals surface area (Å²) in [5.74, 6) is 0.683. The van der Waals surface area contributed by atoms with Gasteiger partial charge in [0.25, 0.3) is 0 Å². The molecule has 1 N–H and O–H groups in total. The molecule has 0 saturated carbocycles. The van der Waals surface area contributed by atoms with Crippen molar-refractivity contribution >= 4 is 5.95 Å². The molecule has 5 nitrogen and oxygen atoms in total. The third kappa shape index (κ3) is 2.97. The van der Waals surface area contributed by atoms with Crippen LogP contribution in [-0.2, 0) is 11.3 Å². The SMILES string of the molecule is Cc1cc(CO)nc(N2CC(C)OC(C)(C)C2)n1. The van der Waals surface area contributed by atoms with Crippen LogP contribution in [-0.4, -0.2) is 39.9 Å². The maximum Gasteiger partial charge on any atom is 0.226 e. The highest BCUT2D eigenvalue weighted by molar-refractivity contribution is 5.34. The standard InChI is InChI=1S/C13H21N3O2/c1-9-5-11(7-17)15-12(14-9)16-6-10(2)18-13(3,4)8-16/h5,10,17H,6-8H2,1-4H3. The molecule has 0 aromatic carbocycles. The van der Waals surface area contributed by atoms with E-state index in [4.69, 9.17) is 4.74 Å². The van der Waals surface area contributed by atoms with Crippen LogP contribution in [0.15, 0.2) is 6.07 Å². The van der Waals surface area contributed by atoms with Crippen LogP contribution in [0.2, 0.25) is 0 Å². The van der Waals surface area contributed by atoms with Crippen LogP contribution in [0.5, 0.6) is 0 Å². The van der Waals surface area contributed by atoms with E-state index in [9.17, 15) is 5.11 Å². The number of anilines is 1. The minimum atomic E-state index is -0.204. The zero-order chi connectivity index (χ0) is 13.3. The van der Waals surface area contributed by atoms with Gasteiger partial charge in [0, 0.05) is 18.8 Å². The first-order valence-corrected chi connectivity index (χ1v) is 6.28. The summed E-state index contributed by atoms with van der Waals surface area (Å²) in [6.45, 7) is 9.58. The van der Waals surface area contributed by atoms with Crippen LogP contribution in [0, 0.1) is 6.92 Å². The quantitative estimate of drug-likeness (QED) is 0.858. The molecule has 1 aromatic rings. The van der Waals surface area contributed by atoms with E-state index in [1.807, 2.05) is 6.92 Å².